The van der Waals surface area contributed by atoms with Gasteiger partial charge in [-0.2, -0.15) is 4.99 Å². The Bertz CT molecular complexity index is 1420. The van der Waals surface area contributed by atoms with E-state index in [0.29, 0.717) is 21.3 Å². The maximum atomic E-state index is 12.7. The van der Waals surface area contributed by atoms with Crippen molar-refractivity contribution >= 4 is 49.2 Å². The molecule has 3 rings (SSSR count). The van der Waals surface area contributed by atoms with Crippen molar-refractivity contribution in [3.63, 3.8) is 0 Å². The first-order valence-corrected chi connectivity index (χ1v) is 12.6. The van der Waals surface area contributed by atoms with Gasteiger partial charge in [-0.1, -0.05) is 23.5 Å². The number of thiazole rings is 1. The number of fused-ring (bicyclic) bond motifs is 1. The van der Waals surface area contributed by atoms with Crippen molar-refractivity contribution in [2.24, 2.45) is 4.99 Å². The summed E-state index contributed by atoms with van der Waals surface area (Å²) >= 11 is 1.15. The first kappa shape index (κ1) is 25.3. The molecule has 0 bridgehead atoms. The van der Waals surface area contributed by atoms with Crippen LogP contribution in [0.2, 0.25) is 0 Å². The van der Waals surface area contributed by atoms with Gasteiger partial charge in [-0.3, -0.25) is 9.59 Å². The van der Waals surface area contributed by atoms with E-state index in [-0.39, 0.29) is 22.7 Å². The molecule has 0 fully saturated rings. The number of sulfone groups is 1. The number of methoxy groups -OCH3 is 2. The number of rotatable bonds is 7. The summed E-state index contributed by atoms with van der Waals surface area (Å²) in [7, 11) is -0.861. The van der Waals surface area contributed by atoms with E-state index in [1.807, 2.05) is 0 Å². The molecule has 11 heteroatoms. The molecule has 9 nitrogen and oxygen atoms in total. The SMILES string of the molecule is COC(=O)Cn1c(=NC(=O)Cc2ccc(S(=O)(=O)C(C)C)cc2)sc2cc(C(=O)OC)ccc21. The molecular formula is C23H24N2O7S2. The highest BCUT2D eigenvalue weighted by molar-refractivity contribution is 7.92. The first-order valence-electron chi connectivity index (χ1n) is 10.3. The molecule has 1 heterocycles. The minimum absolute atomic E-state index is 0.0537. The van der Waals surface area contributed by atoms with Gasteiger partial charge in [0.25, 0.3) is 5.91 Å². The van der Waals surface area contributed by atoms with Gasteiger partial charge in [0.1, 0.15) is 6.54 Å². The zero-order valence-corrected chi connectivity index (χ0v) is 20.7. The largest absolute Gasteiger partial charge is 0.468 e. The standard InChI is InChI=1S/C23H24N2O7S2/c1-14(2)34(29,30)17-8-5-15(6-9-17)11-20(26)24-23-25(13-21(27)31-3)18-10-7-16(22(28)32-4)12-19(18)33-23/h5-10,12,14H,11,13H2,1-4H3. The molecule has 0 spiro atoms. The highest BCUT2D eigenvalue weighted by atomic mass is 32.2. The lowest BCUT2D eigenvalue weighted by molar-refractivity contribution is -0.141. The molecule has 1 amide bonds. The Morgan fingerprint density at radius 3 is 2.29 bits per heavy atom. The average molecular weight is 505 g/mol. The number of ether oxygens (including phenoxy) is 2. The maximum Gasteiger partial charge on any atom is 0.337 e. The van der Waals surface area contributed by atoms with Crippen LogP contribution in [0.15, 0.2) is 52.4 Å². The van der Waals surface area contributed by atoms with Crippen molar-refractivity contribution in [3.05, 3.63) is 58.4 Å². The third-order valence-corrected chi connectivity index (χ3v) is 8.28. The van der Waals surface area contributed by atoms with Crippen LogP contribution in [0, 0.1) is 0 Å². The van der Waals surface area contributed by atoms with Gasteiger partial charge in [0.15, 0.2) is 14.6 Å². The zero-order valence-electron chi connectivity index (χ0n) is 19.1. The Labute approximate surface area is 200 Å². The molecule has 34 heavy (non-hydrogen) atoms. The second-order valence-corrected chi connectivity index (χ2v) is 11.2. The van der Waals surface area contributed by atoms with E-state index >= 15 is 0 Å². The molecule has 0 aliphatic heterocycles. The van der Waals surface area contributed by atoms with Gasteiger partial charge in [0, 0.05) is 0 Å². The zero-order chi connectivity index (χ0) is 25.0. The van der Waals surface area contributed by atoms with Crippen LogP contribution in [0.3, 0.4) is 0 Å². The second kappa shape index (κ2) is 10.3. The summed E-state index contributed by atoms with van der Waals surface area (Å²) in [6.07, 6.45) is -0.0537. The summed E-state index contributed by atoms with van der Waals surface area (Å²) in [6, 6.07) is 10.9. The lowest BCUT2D eigenvalue weighted by Gasteiger charge is -2.08. The fourth-order valence-corrected chi connectivity index (χ4v) is 5.29. The molecule has 3 aromatic rings. The molecule has 0 aliphatic rings. The number of aromatic nitrogens is 1. The van der Waals surface area contributed by atoms with E-state index < -0.39 is 32.9 Å². The van der Waals surface area contributed by atoms with Crippen molar-refractivity contribution < 1.29 is 32.3 Å². The molecule has 0 aliphatic carbocycles. The van der Waals surface area contributed by atoms with Crippen LogP contribution >= 0.6 is 11.3 Å². The quantitative estimate of drug-likeness (QED) is 0.453. The molecule has 0 unspecified atom stereocenters. The first-order chi connectivity index (χ1) is 16.1. The highest BCUT2D eigenvalue weighted by Gasteiger charge is 2.19. The lowest BCUT2D eigenvalue weighted by atomic mass is 10.1. The molecule has 0 saturated carbocycles. The van der Waals surface area contributed by atoms with Crippen molar-refractivity contribution in [1.82, 2.24) is 4.57 Å². The molecule has 0 N–H and O–H groups in total. The number of hydrogen-bond donors (Lipinski definition) is 0. The Morgan fingerprint density at radius 1 is 1.03 bits per heavy atom. The molecular weight excluding hydrogens is 480 g/mol. The van der Waals surface area contributed by atoms with Crippen LogP contribution < -0.4 is 4.80 Å². The van der Waals surface area contributed by atoms with Gasteiger partial charge < -0.3 is 14.0 Å². The van der Waals surface area contributed by atoms with Crippen molar-refractivity contribution in [3.8, 4) is 0 Å². The van der Waals surface area contributed by atoms with Crippen molar-refractivity contribution in [1.29, 1.82) is 0 Å². The topological polar surface area (TPSA) is 121 Å². The van der Waals surface area contributed by atoms with Crippen LogP contribution in [-0.4, -0.2) is 50.3 Å². The monoisotopic (exact) mass is 504 g/mol. The minimum atomic E-state index is -3.40. The smallest absolute Gasteiger partial charge is 0.337 e. The molecule has 1 aromatic heterocycles. The van der Waals surface area contributed by atoms with Gasteiger partial charge in [-0.25, -0.2) is 13.2 Å². The average Bonchev–Trinajstić information content (AvgIpc) is 3.14. The number of carbonyl (C=O) groups excluding carboxylic acids is 3. The van der Waals surface area contributed by atoms with Crippen molar-refractivity contribution in [2.75, 3.05) is 14.2 Å². The van der Waals surface area contributed by atoms with Gasteiger partial charge in [-0.05, 0) is 49.7 Å². The lowest BCUT2D eigenvalue weighted by Crippen LogP contribution is -2.22. The minimum Gasteiger partial charge on any atom is -0.468 e. The van der Waals surface area contributed by atoms with Gasteiger partial charge >= 0.3 is 11.9 Å². The summed E-state index contributed by atoms with van der Waals surface area (Å²) < 4.78 is 36.2. The summed E-state index contributed by atoms with van der Waals surface area (Å²) in [4.78, 5) is 41.1. The molecule has 2 aromatic carbocycles. The number of benzene rings is 2. The summed E-state index contributed by atoms with van der Waals surface area (Å²) in [5, 5.41) is -0.548. The second-order valence-electron chi connectivity index (χ2n) is 7.64. The van der Waals surface area contributed by atoms with Gasteiger partial charge in [0.2, 0.25) is 0 Å². The molecule has 0 saturated heterocycles. The summed E-state index contributed by atoms with van der Waals surface area (Å²) in [5.74, 6) is -1.50. The molecule has 0 radical (unpaired) electrons. The predicted octanol–water partition coefficient (Wildman–Crippen LogP) is 2.51. The molecule has 180 valence electrons. The van der Waals surface area contributed by atoms with Crippen LogP contribution in [-0.2, 0) is 41.9 Å². The number of carbonyl (C=O) groups is 3. The van der Waals surface area contributed by atoms with E-state index in [1.165, 1.54) is 26.4 Å². The Morgan fingerprint density at radius 2 is 1.71 bits per heavy atom. The van der Waals surface area contributed by atoms with Crippen molar-refractivity contribution in [2.45, 2.75) is 37.0 Å². The predicted molar refractivity (Wildman–Crippen MR) is 126 cm³/mol. The van der Waals surface area contributed by atoms with E-state index in [0.717, 1.165) is 11.3 Å². The normalized spacial score (nSPS) is 12.2. The third kappa shape index (κ3) is 5.42. The van der Waals surface area contributed by atoms with E-state index in [4.69, 9.17) is 9.47 Å². The van der Waals surface area contributed by atoms with E-state index in [1.54, 1.807) is 48.7 Å². The number of nitrogens with zero attached hydrogens (tertiary/aromatic N) is 2. The van der Waals surface area contributed by atoms with Gasteiger partial charge in [-0.15, -0.1) is 0 Å². The number of hydrogen-bond acceptors (Lipinski definition) is 8. The van der Waals surface area contributed by atoms with Gasteiger partial charge in [0.05, 0.1) is 46.6 Å². The van der Waals surface area contributed by atoms with Crippen LogP contribution in [0.5, 0.6) is 0 Å². The summed E-state index contributed by atoms with van der Waals surface area (Å²) in [6.45, 7) is 3.05. The fourth-order valence-electron chi connectivity index (χ4n) is 3.14. The van der Waals surface area contributed by atoms with Crippen LogP contribution in [0.1, 0.15) is 29.8 Å². The fraction of sp³-hybridized carbons (Fsp3) is 0.304. The Balaban J connectivity index is 1.96. The molecule has 0 atom stereocenters. The summed E-state index contributed by atoms with van der Waals surface area (Å²) in [5.41, 5.74) is 1.54. The number of esters is 2. The number of amides is 1. The third-order valence-electron chi connectivity index (χ3n) is 5.07. The highest BCUT2D eigenvalue weighted by Crippen LogP contribution is 2.20. The van der Waals surface area contributed by atoms with Crippen LogP contribution in [0.25, 0.3) is 10.2 Å². The van der Waals surface area contributed by atoms with E-state index in [2.05, 4.69) is 4.99 Å². The Hall–Kier alpha value is -3.31. The van der Waals surface area contributed by atoms with Crippen LogP contribution in [0.4, 0.5) is 0 Å². The Kier molecular flexibility index (Phi) is 7.68. The van der Waals surface area contributed by atoms with E-state index in [9.17, 15) is 22.8 Å². The maximum absolute atomic E-state index is 12.7.